The van der Waals surface area contributed by atoms with E-state index in [1.807, 2.05) is 13.8 Å². The summed E-state index contributed by atoms with van der Waals surface area (Å²) in [6.07, 6.45) is 2.75. The van der Waals surface area contributed by atoms with Crippen molar-refractivity contribution in [2.45, 2.75) is 51.2 Å². The first kappa shape index (κ1) is 24.3. The monoisotopic (exact) mass is 506 g/mol. The van der Waals surface area contributed by atoms with E-state index in [-0.39, 0.29) is 34.0 Å². The van der Waals surface area contributed by atoms with Crippen LogP contribution in [0.2, 0.25) is 5.02 Å². The number of nitrogens with two attached hydrogens (primary N) is 1. The van der Waals surface area contributed by atoms with Crippen LogP contribution in [0.3, 0.4) is 0 Å². The molecule has 34 heavy (non-hydrogen) atoms. The van der Waals surface area contributed by atoms with Crippen molar-refractivity contribution in [1.29, 1.82) is 0 Å². The number of fused-ring (bicyclic) bond motifs is 2. The molecule has 1 aromatic carbocycles. The number of amides is 1. The van der Waals surface area contributed by atoms with Gasteiger partial charge >= 0.3 is 0 Å². The van der Waals surface area contributed by atoms with E-state index in [9.17, 15) is 18.3 Å². The molecule has 1 spiro atoms. The molecule has 1 amide bonds. The number of hydrogen-bond acceptors (Lipinski definition) is 6. The van der Waals surface area contributed by atoms with Crippen molar-refractivity contribution in [3.8, 4) is 11.6 Å². The smallest absolute Gasteiger partial charge is 0.257 e. The second-order valence-corrected chi connectivity index (χ2v) is 11.9. The molecule has 1 aromatic heterocycles. The summed E-state index contributed by atoms with van der Waals surface area (Å²) in [5.41, 5.74) is 6.83. The molecule has 4 rings (SSSR count). The number of nitrogens with zero attached hydrogens (tertiary/aromatic N) is 3. The number of sulfonamides is 1. The first-order valence-electron chi connectivity index (χ1n) is 11.0. The van der Waals surface area contributed by atoms with Crippen LogP contribution in [0.1, 0.15) is 51.7 Å². The van der Waals surface area contributed by atoms with E-state index in [1.54, 1.807) is 12.1 Å². The van der Waals surface area contributed by atoms with Crippen molar-refractivity contribution >= 4 is 44.7 Å². The van der Waals surface area contributed by atoms with Crippen LogP contribution in [-0.4, -0.2) is 42.1 Å². The summed E-state index contributed by atoms with van der Waals surface area (Å²) in [4.78, 5) is 19.2. The summed E-state index contributed by atoms with van der Waals surface area (Å²) in [7, 11) is -3.83. The Morgan fingerprint density at radius 3 is 2.53 bits per heavy atom. The van der Waals surface area contributed by atoms with Gasteiger partial charge in [0.25, 0.3) is 10.0 Å². The van der Waals surface area contributed by atoms with Gasteiger partial charge in [-0.15, -0.1) is 4.40 Å². The molecular weight excluding hydrogens is 480 g/mol. The summed E-state index contributed by atoms with van der Waals surface area (Å²) in [5, 5.41) is 10.2. The van der Waals surface area contributed by atoms with E-state index in [1.165, 1.54) is 31.0 Å². The van der Waals surface area contributed by atoms with Crippen molar-refractivity contribution in [1.82, 2.24) is 4.98 Å². The first-order chi connectivity index (χ1) is 15.9. The van der Waals surface area contributed by atoms with Crippen LogP contribution in [0.25, 0.3) is 0 Å². The minimum Gasteiger partial charge on any atom is -0.507 e. The standard InChI is InChI=1S/C23H27ClN4O5S/c1-12(2)11-33-21-17(24)7-14(10-26-21)28-18-9-19(29)15(20(25)27-34(31,32)13(3)4)8-16(18)23(5-6-23)22(28)30/h7-10,12-13,29H,5-6,11H2,1-4H3,(H2,25,27). The fraction of sp³-hybridized carbons (Fsp3) is 0.435. The molecule has 182 valence electrons. The van der Waals surface area contributed by atoms with Crippen LogP contribution >= 0.6 is 11.6 Å². The lowest BCUT2D eigenvalue weighted by molar-refractivity contribution is -0.119. The number of ether oxygens (including phenoxy) is 1. The number of carbonyl (C=O) groups excluding carboxylic acids is 1. The second-order valence-electron chi connectivity index (χ2n) is 9.33. The van der Waals surface area contributed by atoms with Crippen LogP contribution < -0.4 is 15.4 Å². The van der Waals surface area contributed by atoms with Crippen LogP contribution in [-0.2, 0) is 20.2 Å². The molecule has 1 fully saturated rings. The third-order valence-electron chi connectivity index (χ3n) is 5.93. The zero-order valence-electron chi connectivity index (χ0n) is 19.4. The number of amidine groups is 1. The molecule has 0 atom stereocenters. The summed E-state index contributed by atoms with van der Waals surface area (Å²) in [6.45, 7) is 7.44. The van der Waals surface area contributed by atoms with Crippen LogP contribution in [0.15, 0.2) is 28.8 Å². The predicted molar refractivity (Wildman–Crippen MR) is 131 cm³/mol. The number of rotatable bonds is 7. The van der Waals surface area contributed by atoms with Crippen molar-refractivity contribution < 1.29 is 23.1 Å². The number of hydrogen-bond donors (Lipinski definition) is 2. The van der Waals surface area contributed by atoms with E-state index in [0.29, 0.717) is 42.3 Å². The van der Waals surface area contributed by atoms with E-state index in [2.05, 4.69) is 9.38 Å². The van der Waals surface area contributed by atoms with Gasteiger partial charge in [0.2, 0.25) is 11.8 Å². The highest BCUT2D eigenvalue weighted by Gasteiger charge is 2.60. The highest BCUT2D eigenvalue weighted by Crippen LogP contribution is 2.60. The Morgan fingerprint density at radius 2 is 1.97 bits per heavy atom. The van der Waals surface area contributed by atoms with Gasteiger partial charge in [-0.25, -0.2) is 13.4 Å². The van der Waals surface area contributed by atoms with Gasteiger partial charge in [0.1, 0.15) is 16.6 Å². The topological polar surface area (TPSA) is 135 Å². The zero-order valence-corrected chi connectivity index (χ0v) is 20.9. The highest BCUT2D eigenvalue weighted by atomic mass is 35.5. The maximum Gasteiger partial charge on any atom is 0.257 e. The normalized spacial score (nSPS) is 17.1. The van der Waals surface area contributed by atoms with Gasteiger partial charge in [-0.3, -0.25) is 9.69 Å². The van der Waals surface area contributed by atoms with Gasteiger partial charge < -0.3 is 15.6 Å². The summed E-state index contributed by atoms with van der Waals surface area (Å²) < 4.78 is 33.6. The number of phenols is 1. The zero-order chi connectivity index (χ0) is 25.0. The third kappa shape index (κ3) is 4.09. The maximum absolute atomic E-state index is 13.5. The van der Waals surface area contributed by atoms with Crippen LogP contribution in [0.4, 0.5) is 11.4 Å². The summed E-state index contributed by atoms with van der Waals surface area (Å²) in [5.74, 6) is -0.209. The number of pyridine rings is 1. The molecule has 2 aliphatic rings. The third-order valence-corrected chi connectivity index (χ3v) is 7.85. The summed E-state index contributed by atoms with van der Waals surface area (Å²) in [6, 6.07) is 4.56. The van der Waals surface area contributed by atoms with Crippen molar-refractivity contribution in [2.75, 3.05) is 11.5 Å². The Labute approximate surface area is 203 Å². The lowest BCUT2D eigenvalue weighted by Crippen LogP contribution is -2.28. The number of aromatic nitrogens is 1. The Hall–Kier alpha value is -2.85. The summed E-state index contributed by atoms with van der Waals surface area (Å²) >= 11 is 6.37. The van der Waals surface area contributed by atoms with Crippen molar-refractivity contribution in [3.63, 3.8) is 0 Å². The van der Waals surface area contributed by atoms with Crippen molar-refractivity contribution in [2.24, 2.45) is 16.0 Å². The van der Waals surface area contributed by atoms with Gasteiger partial charge in [-0.05, 0) is 50.3 Å². The fourth-order valence-electron chi connectivity index (χ4n) is 3.83. The molecule has 0 unspecified atom stereocenters. The van der Waals surface area contributed by atoms with Gasteiger partial charge in [0, 0.05) is 6.07 Å². The molecule has 0 bridgehead atoms. The Morgan fingerprint density at radius 1 is 1.29 bits per heavy atom. The van der Waals surface area contributed by atoms with Gasteiger partial charge in [-0.2, -0.15) is 0 Å². The number of aromatic hydroxyl groups is 1. The Balaban J connectivity index is 1.76. The lowest BCUT2D eigenvalue weighted by Gasteiger charge is -2.19. The van der Waals surface area contributed by atoms with Crippen LogP contribution in [0.5, 0.6) is 11.6 Å². The average molecular weight is 507 g/mol. The fourth-order valence-corrected chi connectivity index (χ4v) is 4.63. The molecule has 1 aliphatic carbocycles. The van der Waals surface area contributed by atoms with E-state index >= 15 is 0 Å². The number of anilines is 2. The molecule has 9 nitrogen and oxygen atoms in total. The Kier molecular flexibility index (Phi) is 6.02. The lowest BCUT2D eigenvalue weighted by atomic mass is 9.95. The molecule has 1 aliphatic heterocycles. The minimum atomic E-state index is -3.83. The van der Waals surface area contributed by atoms with Gasteiger partial charge in [0.15, 0.2) is 0 Å². The first-order valence-corrected chi connectivity index (χ1v) is 12.9. The molecule has 2 heterocycles. The highest BCUT2D eigenvalue weighted by molar-refractivity contribution is 7.90. The molecule has 2 aromatic rings. The average Bonchev–Trinajstić information content (AvgIpc) is 3.50. The molecule has 0 radical (unpaired) electrons. The predicted octanol–water partition coefficient (Wildman–Crippen LogP) is 3.63. The van der Waals surface area contributed by atoms with E-state index in [0.717, 1.165) is 0 Å². The molecule has 11 heteroatoms. The number of carbonyl (C=O) groups is 1. The molecular formula is C23H27ClN4O5S. The SMILES string of the molecule is CC(C)COc1ncc(N2C(=O)C3(CC3)c3cc(C(N)=NS(=O)(=O)C(C)C)c(O)cc32)cc1Cl. The second kappa shape index (κ2) is 8.42. The minimum absolute atomic E-state index is 0.0671. The molecule has 0 saturated heterocycles. The van der Waals surface area contributed by atoms with Crippen molar-refractivity contribution in [3.05, 3.63) is 40.5 Å². The van der Waals surface area contributed by atoms with Gasteiger partial charge in [0.05, 0.1) is 40.4 Å². The van der Waals surface area contributed by atoms with Gasteiger partial charge in [-0.1, -0.05) is 25.4 Å². The maximum atomic E-state index is 13.5. The number of benzene rings is 1. The largest absolute Gasteiger partial charge is 0.507 e. The molecule has 1 saturated carbocycles. The van der Waals surface area contributed by atoms with E-state index in [4.69, 9.17) is 22.1 Å². The van der Waals surface area contributed by atoms with E-state index < -0.39 is 20.7 Å². The quantitative estimate of drug-likeness (QED) is 0.432. The van der Waals surface area contributed by atoms with Crippen LogP contribution in [0, 0.1) is 5.92 Å². The molecule has 3 N–H and O–H groups in total. The Bertz CT molecular complexity index is 1300. The number of phenolic OH excluding ortho intramolecular Hbond substituents is 1. The number of halogens is 1.